The lowest BCUT2D eigenvalue weighted by Gasteiger charge is -2.20. The number of carbonyl (C=O) groups is 2. The van der Waals surface area contributed by atoms with Gasteiger partial charge in [-0.25, -0.2) is 9.59 Å². The minimum atomic E-state index is -0.799. The normalized spacial score (nSPS) is 11.4. The van der Waals surface area contributed by atoms with Crippen molar-refractivity contribution in [3.63, 3.8) is 0 Å². The largest absolute Gasteiger partial charge is 0.506 e. The molecular weight excluding hydrogens is 348 g/mol. The Labute approximate surface area is 155 Å². The van der Waals surface area contributed by atoms with Crippen molar-refractivity contribution >= 4 is 22.7 Å². The Morgan fingerprint density at radius 2 is 1.67 bits per heavy atom. The molecule has 0 radical (unpaired) electrons. The van der Waals surface area contributed by atoms with Gasteiger partial charge in [0.1, 0.15) is 16.9 Å². The summed E-state index contributed by atoms with van der Waals surface area (Å²) in [6.45, 7) is 5.05. The smallest absolute Gasteiger partial charge is 0.339 e. The number of phenols is 1. The molecule has 0 unspecified atom stereocenters. The molecule has 0 aliphatic rings. The molecule has 1 heterocycles. The van der Waals surface area contributed by atoms with Crippen LogP contribution in [0.5, 0.6) is 5.75 Å². The highest BCUT2D eigenvalue weighted by Crippen LogP contribution is 2.33. The summed E-state index contributed by atoms with van der Waals surface area (Å²) in [5.74, 6) is -1.65. The van der Waals surface area contributed by atoms with Crippen LogP contribution in [0.3, 0.4) is 0 Å². The van der Waals surface area contributed by atoms with Gasteiger partial charge in [-0.05, 0) is 32.9 Å². The van der Waals surface area contributed by atoms with Crippen molar-refractivity contribution in [1.29, 1.82) is 0 Å². The summed E-state index contributed by atoms with van der Waals surface area (Å²) in [7, 11) is 0. The molecule has 3 rings (SSSR count). The average Bonchev–Trinajstić information content (AvgIpc) is 2.60. The molecule has 0 aliphatic carbocycles. The Bertz CT molecular complexity index is 1090. The van der Waals surface area contributed by atoms with Gasteiger partial charge in [0.2, 0.25) is 0 Å². The summed E-state index contributed by atoms with van der Waals surface area (Å²) in [6.07, 6.45) is 0. The van der Waals surface area contributed by atoms with Gasteiger partial charge in [0.15, 0.2) is 5.78 Å². The van der Waals surface area contributed by atoms with E-state index in [2.05, 4.69) is 0 Å². The minimum Gasteiger partial charge on any atom is -0.506 e. The lowest BCUT2D eigenvalue weighted by atomic mass is 9.98. The molecule has 0 amide bonds. The Balaban J connectivity index is 2.21. The van der Waals surface area contributed by atoms with E-state index in [9.17, 15) is 19.5 Å². The predicted molar refractivity (Wildman–Crippen MR) is 99.2 cm³/mol. The molecule has 0 spiro atoms. The first-order chi connectivity index (χ1) is 12.7. The lowest BCUT2D eigenvalue weighted by Crippen LogP contribution is -2.24. The number of fused-ring (bicyclic) bond motifs is 1. The molecule has 6 heteroatoms. The monoisotopic (exact) mass is 366 g/mol. The number of phenolic OH excluding ortho intramolecular Hbond substituents is 1. The fraction of sp³-hybridized carbons (Fsp3) is 0.190. The Morgan fingerprint density at radius 3 is 2.30 bits per heavy atom. The van der Waals surface area contributed by atoms with Crippen molar-refractivity contribution in [1.82, 2.24) is 0 Å². The molecule has 138 valence electrons. The SMILES string of the molecule is CC(C)(C)OC(=O)c1cc(=O)oc2ccc(C(=O)c3ccccc3)c(O)c12. The third-order valence-electron chi connectivity index (χ3n) is 3.78. The molecule has 1 aromatic heterocycles. The Morgan fingerprint density at radius 1 is 1.00 bits per heavy atom. The van der Waals surface area contributed by atoms with Crippen molar-refractivity contribution in [2.24, 2.45) is 0 Å². The van der Waals surface area contributed by atoms with Crippen LogP contribution in [0.15, 0.2) is 57.7 Å². The number of hydrogen-bond donors (Lipinski definition) is 1. The molecule has 6 nitrogen and oxygen atoms in total. The minimum absolute atomic E-state index is 0.00708. The van der Waals surface area contributed by atoms with Crippen LogP contribution in [-0.4, -0.2) is 22.5 Å². The second-order valence-corrected chi connectivity index (χ2v) is 7.01. The highest BCUT2D eigenvalue weighted by atomic mass is 16.6. The number of aromatic hydroxyl groups is 1. The summed E-state index contributed by atoms with van der Waals surface area (Å²) >= 11 is 0. The van der Waals surface area contributed by atoms with Crippen molar-refractivity contribution in [2.45, 2.75) is 26.4 Å². The number of ketones is 1. The fourth-order valence-electron chi connectivity index (χ4n) is 2.67. The van der Waals surface area contributed by atoms with Crippen LogP contribution in [0.2, 0.25) is 0 Å². The van der Waals surface area contributed by atoms with Gasteiger partial charge in [0.25, 0.3) is 0 Å². The van der Waals surface area contributed by atoms with E-state index in [0.717, 1.165) is 6.07 Å². The molecule has 27 heavy (non-hydrogen) atoms. The van der Waals surface area contributed by atoms with E-state index >= 15 is 0 Å². The summed E-state index contributed by atoms with van der Waals surface area (Å²) in [5.41, 5.74) is -1.35. The van der Waals surface area contributed by atoms with E-state index in [0.29, 0.717) is 5.56 Å². The predicted octanol–water partition coefficient (Wildman–Crippen LogP) is 3.68. The van der Waals surface area contributed by atoms with Gasteiger partial charge in [0.05, 0.1) is 16.5 Å². The highest BCUT2D eigenvalue weighted by Gasteiger charge is 2.25. The van der Waals surface area contributed by atoms with Crippen molar-refractivity contribution in [2.75, 3.05) is 0 Å². The van der Waals surface area contributed by atoms with Crippen molar-refractivity contribution < 1.29 is 23.8 Å². The maximum absolute atomic E-state index is 12.7. The van der Waals surface area contributed by atoms with Gasteiger partial charge in [0, 0.05) is 11.6 Å². The zero-order valence-corrected chi connectivity index (χ0v) is 15.1. The van der Waals surface area contributed by atoms with Gasteiger partial charge in [-0.2, -0.15) is 0 Å². The number of carbonyl (C=O) groups excluding carboxylic acids is 2. The van der Waals surface area contributed by atoms with Crippen LogP contribution in [0, 0.1) is 0 Å². The molecule has 1 N–H and O–H groups in total. The Kier molecular flexibility index (Phi) is 4.57. The molecule has 0 aliphatic heterocycles. The molecule has 0 saturated heterocycles. The summed E-state index contributed by atoms with van der Waals surface area (Å²) in [5, 5.41) is 10.7. The number of hydrogen-bond acceptors (Lipinski definition) is 6. The number of esters is 1. The first-order valence-corrected chi connectivity index (χ1v) is 8.30. The second kappa shape index (κ2) is 6.72. The van der Waals surface area contributed by atoms with Gasteiger partial charge in [-0.3, -0.25) is 4.79 Å². The first-order valence-electron chi connectivity index (χ1n) is 8.30. The van der Waals surface area contributed by atoms with Crippen LogP contribution < -0.4 is 5.63 Å². The zero-order chi connectivity index (χ0) is 19.8. The second-order valence-electron chi connectivity index (χ2n) is 7.01. The van der Waals surface area contributed by atoms with Gasteiger partial charge < -0.3 is 14.3 Å². The van der Waals surface area contributed by atoms with Gasteiger partial charge in [-0.1, -0.05) is 30.3 Å². The van der Waals surface area contributed by atoms with Crippen LogP contribution >= 0.6 is 0 Å². The van der Waals surface area contributed by atoms with E-state index in [-0.39, 0.29) is 22.1 Å². The number of ether oxygens (including phenoxy) is 1. The first kappa shape index (κ1) is 18.4. The van der Waals surface area contributed by atoms with Gasteiger partial charge >= 0.3 is 11.6 Å². The van der Waals surface area contributed by atoms with Crippen molar-refractivity contribution in [3.05, 3.63) is 75.6 Å². The van der Waals surface area contributed by atoms with E-state index in [1.807, 2.05) is 0 Å². The topological polar surface area (TPSA) is 93.8 Å². The molecule has 0 bridgehead atoms. The molecular formula is C21H18O6. The molecule has 0 saturated carbocycles. The van der Waals surface area contributed by atoms with Crippen LogP contribution in [-0.2, 0) is 4.74 Å². The summed E-state index contributed by atoms with van der Waals surface area (Å²) in [4.78, 5) is 37.1. The third-order valence-corrected chi connectivity index (χ3v) is 3.78. The van der Waals surface area contributed by atoms with Crippen molar-refractivity contribution in [3.8, 4) is 5.75 Å². The van der Waals surface area contributed by atoms with Crippen LogP contribution in [0.1, 0.15) is 47.1 Å². The van der Waals surface area contributed by atoms with E-state index < -0.39 is 28.7 Å². The quantitative estimate of drug-likeness (QED) is 0.432. The average molecular weight is 366 g/mol. The van der Waals surface area contributed by atoms with Crippen LogP contribution in [0.25, 0.3) is 11.0 Å². The molecule has 3 aromatic rings. The number of benzene rings is 2. The fourth-order valence-corrected chi connectivity index (χ4v) is 2.67. The Hall–Kier alpha value is -3.41. The zero-order valence-electron chi connectivity index (χ0n) is 15.1. The molecule has 0 atom stereocenters. The van der Waals surface area contributed by atoms with Gasteiger partial charge in [-0.15, -0.1) is 0 Å². The van der Waals surface area contributed by atoms with E-state index in [1.165, 1.54) is 12.1 Å². The molecule has 2 aromatic carbocycles. The highest BCUT2D eigenvalue weighted by molar-refractivity contribution is 6.15. The maximum atomic E-state index is 12.7. The van der Waals surface area contributed by atoms with E-state index in [1.54, 1.807) is 51.1 Å². The van der Waals surface area contributed by atoms with E-state index in [4.69, 9.17) is 9.15 Å². The lowest BCUT2D eigenvalue weighted by molar-refractivity contribution is 0.00707. The third kappa shape index (κ3) is 3.74. The summed E-state index contributed by atoms with van der Waals surface area (Å²) < 4.78 is 10.4. The van der Waals surface area contributed by atoms with Crippen LogP contribution in [0.4, 0.5) is 0 Å². The maximum Gasteiger partial charge on any atom is 0.339 e. The molecule has 0 fully saturated rings. The standard InChI is InChI=1S/C21H18O6/c1-21(2,3)27-20(25)14-11-16(22)26-15-10-9-13(19(24)17(14)15)18(23)12-7-5-4-6-8-12/h4-11,24H,1-3H3. The summed E-state index contributed by atoms with van der Waals surface area (Å²) in [6, 6.07) is 12.1. The number of rotatable bonds is 3.